The number of methoxy groups -OCH3 is 1. The van der Waals surface area contributed by atoms with E-state index in [4.69, 9.17) is 4.74 Å². The maximum atomic E-state index is 13.1. The van der Waals surface area contributed by atoms with Gasteiger partial charge in [0.05, 0.1) is 29.9 Å². The molecule has 0 aromatic heterocycles. The number of aliphatic hydroxyl groups excluding tert-OH is 1. The second-order valence-corrected chi connectivity index (χ2v) is 7.36. The monoisotopic (exact) mass is 398 g/mol. The van der Waals surface area contributed by atoms with Crippen molar-refractivity contribution in [3.63, 3.8) is 0 Å². The third kappa shape index (κ3) is 2.43. The van der Waals surface area contributed by atoms with E-state index in [1.54, 1.807) is 0 Å². The number of aromatic hydroxyl groups is 2. The second-order valence-electron chi connectivity index (χ2n) is 7.36. The van der Waals surface area contributed by atoms with Crippen molar-refractivity contribution in [1.82, 2.24) is 0 Å². The second kappa shape index (κ2) is 6.13. The Kier molecular flexibility index (Phi) is 4.04. The molecular formula is C21H18O8. The van der Waals surface area contributed by atoms with Crippen molar-refractivity contribution in [2.45, 2.75) is 31.5 Å². The highest BCUT2D eigenvalue weighted by Gasteiger charge is 2.47. The van der Waals surface area contributed by atoms with Crippen molar-refractivity contribution in [3.8, 4) is 17.2 Å². The van der Waals surface area contributed by atoms with E-state index in [-0.39, 0.29) is 28.0 Å². The van der Waals surface area contributed by atoms with E-state index in [1.807, 2.05) is 0 Å². The smallest absolute Gasteiger partial charge is 0.202 e. The van der Waals surface area contributed by atoms with Crippen molar-refractivity contribution in [2.75, 3.05) is 7.11 Å². The van der Waals surface area contributed by atoms with Gasteiger partial charge in [-0.05, 0) is 13.0 Å². The molecule has 0 saturated heterocycles. The lowest BCUT2D eigenvalue weighted by atomic mass is 9.72. The lowest BCUT2D eigenvalue weighted by molar-refractivity contribution is -0.139. The normalized spacial score (nSPS) is 22.6. The third-order valence-corrected chi connectivity index (χ3v) is 5.75. The molecule has 8 heteroatoms. The number of carbonyl (C=O) groups excluding carboxylic acids is 3. The van der Waals surface area contributed by atoms with Crippen molar-refractivity contribution >= 4 is 17.3 Å². The largest absolute Gasteiger partial charge is 0.507 e. The molecule has 2 aliphatic rings. The maximum absolute atomic E-state index is 13.1. The lowest BCUT2D eigenvalue weighted by Gasteiger charge is -2.36. The highest BCUT2D eigenvalue weighted by molar-refractivity contribution is 6.31. The van der Waals surface area contributed by atoms with Gasteiger partial charge in [-0.1, -0.05) is 12.1 Å². The van der Waals surface area contributed by atoms with E-state index in [2.05, 4.69) is 0 Å². The summed E-state index contributed by atoms with van der Waals surface area (Å²) >= 11 is 0. The molecule has 1 unspecified atom stereocenters. The summed E-state index contributed by atoms with van der Waals surface area (Å²) in [4.78, 5) is 38.1. The average Bonchev–Trinajstić information content (AvgIpc) is 2.67. The number of hydrogen-bond acceptors (Lipinski definition) is 8. The topological polar surface area (TPSA) is 141 Å². The van der Waals surface area contributed by atoms with Crippen LogP contribution in [0.1, 0.15) is 62.4 Å². The van der Waals surface area contributed by atoms with Crippen molar-refractivity contribution in [2.24, 2.45) is 0 Å². The van der Waals surface area contributed by atoms with Crippen molar-refractivity contribution < 1.29 is 39.5 Å². The molecule has 150 valence electrons. The molecule has 0 fully saturated rings. The third-order valence-electron chi connectivity index (χ3n) is 5.75. The SMILES string of the molecule is COc1cccc2c1C(=O)c1c(O)c3c(c(O)c1C2=O)C[C@@](O)(C(C)=O)CC3O. The fraction of sp³-hybridized carbons (Fsp3) is 0.286. The highest BCUT2D eigenvalue weighted by Crippen LogP contribution is 2.50. The zero-order valence-electron chi connectivity index (χ0n) is 15.6. The molecule has 0 amide bonds. The van der Waals surface area contributed by atoms with E-state index in [9.17, 15) is 34.8 Å². The van der Waals surface area contributed by atoms with Crippen LogP contribution in [0.25, 0.3) is 0 Å². The number of rotatable bonds is 2. The summed E-state index contributed by atoms with van der Waals surface area (Å²) in [7, 11) is 1.33. The quantitative estimate of drug-likeness (QED) is 0.472. The van der Waals surface area contributed by atoms with Gasteiger partial charge in [0.15, 0.2) is 11.6 Å². The van der Waals surface area contributed by atoms with Gasteiger partial charge in [-0.3, -0.25) is 14.4 Å². The van der Waals surface area contributed by atoms with Crippen LogP contribution in [0, 0.1) is 0 Å². The number of phenols is 2. The highest BCUT2D eigenvalue weighted by atomic mass is 16.5. The van der Waals surface area contributed by atoms with Crippen LogP contribution in [-0.2, 0) is 11.2 Å². The Hall–Kier alpha value is -3.23. The molecule has 2 aliphatic carbocycles. The van der Waals surface area contributed by atoms with E-state index < -0.39 is 64.5 Å². The zero-order valence-corrected chi connectivity index (χ0v) is 15.6. The lowest BCUT2D eigenvalue weighted by Crippen LogP contribution is -2.44. The molecule has 0 heterocycles. The first-order valence-corrected chi connectivity index (χ1v) is 8.91. The summed E-state index contributed by atoms with van der Waals surface area (Å²) in [5, 5.41) is 42.7. The van der Waals surface area contributed by atoms with Gasteiger partial charge in [-0.25, -0.2) is 0 Å². The summed E-state index contributed by atoms with van der Waals surface area (Å²) in [6.45, 7) is 1.14. The van der Waals surface area contributed by atoms with Crippen LogP contribution in [0.2, 0.25) is 0 Å². The molecule has 0 spiro atoms. The van der Waals surface area contributed by atoms with E-state index in [0.29, 0.717) is 0 Å². The first kappa shape index (κ1) is 19.1. The molecule has 2 aromatic carbocycles. The summed E-state index contributed by atoms with van der Waals surface area (Å²) in [5.74, 6) is -3.23. The summed E-state index contributed by atoms with van der Waals surface area (Å²) in [6, 6.07) is 4.41. The first-order valence-electron chi connectivity index (χ1n) is 8.91. The minimum Gasteiger partial charge on any atom is -0.507 e. The molecule has 0 saturated carbocycles. The number of carbonyl (C=O) groups is 3. The Morgan fingerprint density at radius 3 is 2.38 bits per heavy atom. The van der Waals surface area contributed by atoms with Crippen LogP contribution >= 0.6 is 0 Å². The molecule has 4 rings (SSSR count). The molecule has 0 bridgehead atoms. The Bertz CT molecular complexity index is 1120. The van der Waals surface area contributed by atoms with Gasteiger partial charge in [0.1, 0.15) is 22.8 Å². The van der Waals surface area contributed by atoms with Crippen LogP contribution in [0.15, 0.2) is 18.2 Å². The molecule has 2 atom stereocenters. The predicted molar refractivity (Wildman–Crippen MR) is 98.5 cm³/mol. The standard InChI is InChI=1S/C21H18O8/c1-8(22)21(28)6-10-13(11(23)7-21)19(26)16-15(18(10)25)17(24)9-4-3-5-12(29-2)14(9)20(16)27/h3-5,11,23,25-26,28H,6-7H2,1-2H3/t11?,21-/m0/s1. The number of aliphatic hydroxyl groups is 2. The Morgan fingerprint density at radius 2 is 1.76 bits per heavy atom. The molecular weight excluding hydrogens is 380 g/mol. The number of hydrogen-bond donors (Lipinski definition) is 4. The maximum Gasteiger partial charge on any atom is 0.202 e. The van der Waals surface area contributed by atoms with Crippen LogP contribution in [0.5, 0.6) is 17.2 Å². The summed E-state index contributed by atoms with van der Waals surface area (Å²) < 4.78 is 5.17. The van der Waals surface area contributed by atoms with Gasteiger partial charge in [-0.15, -0.1) is 0 Å². The molecule has 0 radical (unpaired) electrons. The number of ketones is 3. The minimum atomic E-state index is -1.96. The van der Waals surface area contributed by atoms with Crippen molar-refractivity contribution in [1.29, 1.82) is 0 Å². The van der Waals surface area contributed by atoms with Gasteiger partial charge in [0, 0.05) is 29.5 Å². The van der Waals surface area contributed by atoms with Gasteiger partial charge in [0.2, 0.25) is 5.78 Å². The number of phenolic OH excluding ortho intramolecular Hbond substituents is 2. The Morgan fingerprint density at radius 1 is 1.10 bits per heavy atom. The molecule has 0 aliphatic heterocycles. The van der Waals surface area contributed by atoms with E-state index >= 15 is 0 Å². The average molecular weight is 398 g/mol. The molecule has 29 heavy (non-hydrogen) atoms. The summed E-state index contributed by atoms with van der Waals surface area (Å²) in [6.07, 6.45) is -2.34. The van der Waals surface area contributed by atoms with Crippen LogP contribution in [0.3, 0.4) is 0 Å². The van der Waals surface area contributed by atoms with Gasteiger partial charge in [0.25, 0.3) is 0 Å². The fourth-order valence-electron chi connectivity index (χ4n) is 4.21. The van der Waals surface area contributed by atoms with Gasteiger partial charge in [-0.2, -0.15) is 0 Å². The molecule has 2 aromatic rings. The van der Waals surface area contributed by atoms with Crippen LogP contribution in [-0.4, -0.2) is 50.5 Å². The minimum absolute atomic E-state index is 0.00492. The Labute approximate surface area is 165 Å². The van der Waals surface area contributed by atoms with Crippen LogP contribution < -0.4 is 4.74 Å². The van der Waals surface area contributed by atoms with Crippen LogP contribution in [0.4, 0.5) is 0 Å². The van der Waals surface area contributed by atoms with Gasteiger partial charge < -0.3 is 25.2 Å². The van der Waals surface area contributed by atoms with E-state index in [1.165, 1.54) is 25.3 Å². The summed E-state index contributed by atoms with van der Waals surface area (Å²) in [5.41, 5.74) is -3.19. The first-order chi connectivity index (χ1) is 13.6. The number of ether oxygens (including phenoxy) is 1. The molecule has 4 N–H and O–H groups in total. The number of Topliss-reactive ketones (excluding diaryl/α,β-unsaturated/α-hetero) is 1. The predicted octanol–water partition coefficient (Wildman–Crippen LogP) is 1.18. The number of fused-ring (bicyclic) bond motifs is 3. The van der Waals surface area contributed by atoms with Crippen molar-refractivity contribution in [3.05, 3.63) is 51.6 Å². The molecule has 8 nitrogen and oxygen atoms in total. The van der Waals surface area contributed by atoms with E-state index in [0.717, 1.165) is 6.92 Å². The fourth-order valence-corrected chi connectivity index (χ4v) is 4.21. The number of benzene rings is 2. The Balaban J connectivity index is 2.04. The van der Waals surface area contributed by atoms with Gasteiger partial charge >= 0.3 is 0 Å². The zero-order chi connectivity index (χ0) is 21.2.